The Balaban J connectivity index is 2.47. The van der Waals surface area contributed by atoms with Crippen LogP contribution in [0.1, 0.15) is 40.0 Å². The molecule has 0 aliphatic heterocycles. The predicted molar refractivity (Wildman–Crippen MR) is 82.2 cm³/mol. The van der Waals surface area contributed by atoms with E-state index in [0.717, 1.165) is 6.42 Å². The predicted octanol–water partition coefficient (Wildman–Crippen LogP) is 4.29. The van der Waals surface area contributed by atoms with Crippen LogP contribution in [0.5, 0.6) is 5.75 Å². The number of hydrogen-bond donors (Lipinski definition) is 0. The van der Waals surface area contributed by atoms with Gasteiger partial charge in [-0.25, -0.2) is 13.2 Å². The maximum atomic E-state index is 13.4. The van der Waals surface area contributed by atoms with E-state index in [9.17, 15) is 26.7 Å². The number of halogens is 5. The smallest absolute Gasteiger partial charge is 0.313 e. The Hall–Kier alpha value is -1.74. The van der Waals surface area contributed by atoms with Crippen LogP contribution in [0.2, 0.25) is 0 Å². The molecule has 1 aromatic carbocycles. The lowest BCUT2D eigenvalue weighted by Crippen LogP contribution is -2.27. The van der Waals surface area contributed by atoms with Crippen LogP contribution in [-0.2, 0) is 14.3 Å². The third-order valence-corrected chi connectivity index (χ3v) is 3.38. The van der Waals surface area contributed by atoms with Gasteiger partial charge in [0.05, 0.1) is 18.6 Å². The second-order valence-electron chi connectivity index (χ2n) is 6.09. The molecule has 1 aromatic rings. The van der Waals surface area contributed by atoms with Gasteiger partial charge in [-0.2, -0.15) is 8.78 Å². The van der Waals surface area contributed by atoms with E-state index in [-0.39, 0.29) is 13.2 Å². The van der Waals surface area contributed by atoms with E-state index in [4.69, 9.17) is 9.47 Å². The SMILES string of the molecule is CCCOC(C)(C)CCOCCC(=O)Oc1c(F)c(F)c(F)c(F)c1F. The van der Waals surface area contributed by atoms with Gasteiger partial charge in [-0.3, -0.25) is 4.79 Å². The molecular formula is C17H21F5O4. The maximum absolute atomic E-state index is 13.4. The Kier molecular flexibility index (Phi) is 8.42. The van der Waals surface area contributed by atoms with Crippen LogP contribution in [0.4, 0.5) is 22.0 Å². The largest absolute Gasteiger partial charge is 0.420 e. The molecule has 0 aromatic heterocycles. The summed E-state index contributed by atoms with van der Waals surface area (Å²) >= 11 is 0. The molecule has 0 atom stereocenters. The maximum Gasteiger partial charge on any atom is 0.313 e. The molecule has 9 heteroatoms. The van der Waals surface area contributed by atoms with Crippen molar-refractivity contribution in [2.45, 2.75) is 45.6 Å². The fourth-order valence-electron chi connectivity index (χ4n) is 1.87. The van der Waals surface area contributed by atoms with Crippen LogP contribution in [-0.4, -0.2) is 31.4 Å². The van der Waals surface area contributed by atoms with Crippen molar-refractivity contribution < 1.29 is 41.0 Å². The molecular weight excluding hydrogens is 363 g/mol. The molecule has 0 saturated heterocycles. The van der Waals surface area contributed by atoms with Crippen molar-refractivity contribution in [3.05, 3.63) is 29.1 Å². The summed E-state index contributed by atoms with van der Waals surface area (Å²) in [5.74, 6) is -13.9. The lowest BCUT2D eigenvalue weighted by atomic mass is 10.1. The molecule has 0 heterocycles. The van der Waals surface area contributed by atoms with E-state index in [1.165, 1.54) is 0 Å². The number of ether oxygens (including phenoxy) is 3. The fraction of sp³-hybridized carbons (Fsp3) is 0.588. The summed E-state index contributed by atoms with van der Waals surface area (Å²) in [5.41, 5.74) is -0.411. The highest BCUT2D eigenvalue weighted by Gasteiger charge is 2.28. The first kappa shape index (κ1) is 22.3. The molecule has 4 nitrogen and oxygen atoms in total. The van der Waals surface area contributed by atoms with E-state index in [1.807, 2.05) is 20.8 Å². The van der Waals surface area contributed by atoms with Crippen molar-refractivity contribution in [2.75, 3.05) is 19.8 Å². The number of esters is 1. The minimum atomic E-state index is -2.32. The van der Waals surface area contributed by atoms with Gasteiger partial charge < -0.3 is 14.2 Å². The molecule has 0 N–H and O–H groups in total. The first-order chi connectivity index (χ1) is 12.1. The van der Waals surface area contributed by atoms with E-state index in [0.29, 0.717) is 13.0 Å². The van der Waals surface area contributed by atoms with Gasteiger partial charge in [-0.05, 0) is 26.7 Å². The van der Waals surface area contributed by atoms with Crippen LogP contribution >= 0.6 is 0 Å². The monoisotopic (exact) mass is 384 g/mol. The van der Waals surface area contributed by atoms with Crippen LogP contribution in [0, 0.1) is 29.1 Å². The molecule has 0 fully saturated rings. The third kappa shape index (κ3) is 6.21. The van der Waals surface area contributed by atoms with Crippen molar-refractivity contribution in [3.8, 4) is 5.75 Å². The van der Waals surface area contributed by atoms with Crippen molar-refractivity contribution in [1.82, 2.24) is 0 Å². The minimum Gasteiger partial charge on any atom is -0.420 e. The molecule has 0 aliphatic carbocycles. The number of hydrogen-bond acceptors (Lipinski definition) is 4. The zero-order valence-electron chi connectivity index (χ0n) is 14.8. The Bertz CT molecular complexity index is 605. The van der Waals surface area contributed by atoms with E-state index < -0.39 is 52.8 Å². The van der Waals surface area contributed by atoms with Crippen molar-refractivity contribution in [3.63, 3.8) is 0 Å². The second kappa shape index (κ2) is 9.82. The summed E-state index contributed by atoms with van der Waals surface area (Å²) in [6, 6.07) is 0. The number of carbonyl (C=O) groups is 1. The molecule has 0 bridgehead atoms. The summed E-state index contributed by atoms with van der Waals surface area (Å²) in [6.45, 7) is 6.45. The van der Waals surface area contributed by atoms with Gasteiger partial charge in [0, 0.05) is 13.2 Å². The fourth-order valence-corrected chi connectivity index (χ4v) is 1.87. The first-order valence-electron chi connectivity index (χ1n) is 8.04. The molecule has 26 heavy (non-hydrogen) atoms. The zero-order chi connectivity index (χ0) is 19.9. The molecule has 148 valence electrons. The van der Waals surface area contributed by atoms with Crippen LogP contribution < -0.4 is 4.74 Å². The summed E-state index contributed by atoms with van der Waals surface area (Å²) in [4.78, 5) is 11.5. The van der Waals surface area contributed by atoms with Gasteiger partial charge in [-0.1, -0.05) is 6.92 Å². The molecule has 0 radical (unpaired) electrons. The zero-order valence-corrected chi connectivity index (χ0v) is 14.8. The standard InChI is InChI=1S/C17H21F5O4/c1-4-7-25-17(2,3)6-9-24-8-5-10(23)26-16-14(21)12(19)11(18)13(20)15(16)22/h4-9H2,1-3H3. The molecule has 0 aliphatic rings. The normalized spacial score (nSPS) is 11.7. The Morgan fingerprint density at radius 3 is 1.96 bits per heavy atom. The van der Waals surface area contributed by atoms with Crippen LogP contribution in [0.3, 0.4) is 0 Å². The van der Waals surface area contributed by atoms with Gasteiger partial charge in [0.15, 0.2) is 0 Å². The van der Waals surface area contributed by atoms with Crippen molar-refractivity contribution in [1.29, 1.82) is 0 Å². The summed E-state index contributed by atoms with van der Waals surface area (Å²) in [5, 5.41) is 0. The second-order valence-corrected chi connectivity index (χ2v) is 6.09. The third-order valence-electron chi connectivity index (χ3n) is 3.38. The summed E-state index contributed by atoms with van der Waals surface area (Å²) in [6.07, 6.45) is 0.989. The van der Waals surface area contributed by atoms with Crippen LogP contribution in [0.15, 0.2) is 0 Å². The Labute approximate surface area is 148 Å². The highest BCUT2D eigenvalue weighted by molar-refractivity contribution is 5.72. The number of carbonyl (C=O) groups excluding carboxylic acids is 1. The highest BCUT2D eigenvalue weighted by atomic mass is 19.2. The molecule has 0 saturated carbocycles. The lowest BCUT2D eigenvalue weighted by molar-refractivity contribution is -0.136. The molecule has 0 unspecified atom stereocenters. The average Bonchev–Trinajstić information content (AvgIpc) is 2.60. The number of benzene rings is 1. The minimum absolute atomic E-state index is 0.141. The lowest BCUT2D eigenvalue weighted by Gasteiger charge is -2.24. The molecule has 0 spiro atoms. The van der Waals surface area contributed by atoms with Gasteiger partial charge in [0.25, 0.3) is 0 Å². The van der Waals surface area contributed by atoms with E-state index in [1.54, 1.807) is 0 Å². The number of rotatable bonds is 10. The Morgan fingerprint density at radius 1 is 0.885 bits per heavy atom. The molecule has 0 amide bonds. The van der Waals surface area contributed by atoms with Crippen molar-refractivity contribution >= 4 is 5.97 Å². The van der Waals surface area contributed by atoms with Gasteiger partial charge in [-0.15, -0.1) is 0 Å². The summed E-state index contributed by atoms with van der Waals surface area (Å²) < 4.78 is 80.8. The topological polar surface area (TPSA) is 44.8 Å². The van der Waals surface area contributed by atoms with E-state index in [2.05, 4.69) is 4.74 Å². The van der Waals surface area contributed by atoms with Gasteiger partial charge in [0.1, 0.15) is 0 Å². The van der Waals surface area contributed by atoms with E-state index >= 15 is 0 Å². The van der Waals surface area contributed by atoms with Gasteiger partial charge >= 0.3 is 5.97 Å². The van der Waals surface area contributed by atoms with Gasteiger partial charge in [0.2, 0.25) is 34.8 Å². The molecule has 1 rings (SSSR count). The highest BCUT2D eigenvalue weighted by Crippen LogP contribution is 2.29. The Morgan fingerprint density at radius 2 is 1.42 bits per heavy atom. The summed E-state index contributed by atoms with van der Waals surface area (Å²) in [7, 11) is 0. The average molecular weight is 384 g/mol. The first-order valence-corrected chi connectivity index (χ1v) is 8.04. The van der Waals surface area contributed by atoms with Crippen LogP contribution in [0.25, 0.3) is 0 Å². The quantitative estimate of drug-likeness (QED) is 0.151. The van der Waals surface area contributed by atoms with Crippen molar-refractivity contribution in [2.24, 2.45) is 0 Å².